The number of thioether (sulfide) groups is 1. The zero-order valence-electron chi connectivity index (χ0n) is 14.4. The van der Waals surface area contributed by atoms with Crippen LogP contribution in [0.2, 0.25) is 0 Å². The van der Waals surface area contributed by atoms with Crippen molar-refractivity contribution in [1.82, 2.24) is 10.2 Å². The average Bonchev–Trinajstić information content (AvgIpc) is 3.41. The zero-order valence-corrected chi connectivity index (χ0v) is 15.2. The second-order valence-corrected chi connectivity index (χ2v) is 7.50. The molecule has 1 fully saturated rings. The molecule has 1 amide bonds. The van der Waals surface area contributed by atoms with Crippen LogP contribution in [0.1, 0.15) is 41.0 Å². The van der Waals surface area contributed by atoms with Gasteiger partial charge < -0.3 is 9.73 Å². The van der Waals surface area contributed by atoms with Gasteiger partial charge in [0.05, 0.1) is 0 Å². The van der Waals surface area contributed by atoms with Gasteiger partial charge in [0.1, 0.15) is 5.25 Å². The monoisotopic (exact) mass is 365 g/mol. The molecule has 0 saturated heterocycles. The Bertz CT molecular complexity index is 889. The summed E-state index contributed by atoms with van der Waals surface area (Å²) in [5.74, 6) is 0.961. The second-order valence-electron chi connectivity index (χ2n) is 6.44. The van der Waals surface area contributed by atoms with E-state index in [2.05, 4.69) is 15.5 Å². The average molecular weight is 365 g/mol. The van der Waals surface area contributed by atoms with E-state index in [1.807, 2.05) is 61.5 Å². The number of aryl methyl sites for hydroxylation is 1. The van der Waals surface area contributed by atoms with Crippen molar-refractivity contribution in [1.29, 1.82) is 0 Å². The fourth-order valence-corrected chi connectivity index (χ4v) is 3.49. The molecule has 1 saturated carbocycles. The predicted octanol–water partition coefficient (Wildman–Crippen LogP) is 4.73. The molecule has 6 heteroatoms. The number of hydrogen-bond acceptors (Lipinski definition) is 5. The van der Waals surface area contributed by atoms with Crippen molar-refractivity contribution in [2.75, 3.05) is 5.32 Å². The lowest BCUT2D eigenvalue weighted by Crippen LogP contribution is -2.19. The number of anilines is 1. The maximum atomic E-state index is 12.9. The smallest absolute Gasteiger partial charge is 0.277 e. The van der Waals surface area contributed by atoms with Crippen LogP contribution in [0.25, 0.3) is 0 Å². The van der Waals surface area contributed by atoms with E-state index in [-0.39, 0.29) is 5.91 Å². The van der Waals surface area contributed by atoms with Crippen molar-refractivity contribution in [2.45, 2.75) is 36.2 Å². The highest BCUT2D eigenvalue weighted by atomic mass is 32.2. The van der Waals surface area contributed by atoms with Gasteiger partial charge in [0.15, 0.2) is 0 Å². The van der Waals surface area contributed by atoms with E-state index in [0.29, 0.717) is 17.0 Å². The Balaban J connectivity index is 1.55. The van der Waals surface area contributed by atoms with E-state index < -0.39 is 5.25 Å². The SMILES string of the molecule is Cc1ccc(NC(=O)C(Sc2nnc(C3CC3)o2)c2ccccc2)cc1. The number of carbonyl (C=O) groups is 1. The molecule has 0 aliphatic heterocycles. The van der Waals surface area contributed by atoms with Crippen LogP contribution in [0, 0.1) is 6.92 Å². The summed E-state index contributed by atoms with van der Waals surface area (Å²) in [7, 11) is 0. The summed E-state index contributed by atoms with van der Waals surface area (Å²) in [5, 5.41) is 11.2. The Morgan fingerprint density at radius 1 is 1.12 bits per heavy atom. The minimum Gasteiger partial charge on any atom is -0.416 e. The molecule has 0 radical (unpaired) electrons. The first-order chi connectivity index (χ1) is 12.7. The molecule has 5 nitrogen and oxygen atoms in total. The van der Waals surface area contributed by atoms with Gasteiger partial charge in [-0.25, -0.2) is 0 Å². The lowest BCUT2D eigenvalue weighted by molar-refractivity contribution is -0.115. The van der Waals surface area contributed by atoms with Crippen LogP contribution in [0.15, 0.2) is 64.2 Å². The number of aromatic nitrogens is 2. The molecule has 2 aromatic carbocycles. The van der Waals surface area contributed by atoms with Crippen molar-refractivity contribution >= 4 is 23.4 Å². The summed E-state index contributed by atoms with van der Waals surface area (Å²) in [6, 6.07) is 17.4. The number of hydrogen-bond donors (Lipinski definition) is 1. The molecule has 3 aromatic rings. The van der Waals surface area contributed by atoms with Crippen LogP contribution >= 0.6 is 11.8 Å². The highest BCUT2D eigenvalue weighted by molar-refractivity contribution is 8.00. The summed E-state index contributed by atoms with van der Waals surface area (Å²) in [6.07, 6.45) is 2.20. The standard InChI is InChI=1S/C20H19N3O2S/c1-13-7-11-16(12-8-13)21-18(24)17(14-5-3-2-4-6-14)26-20-23-22-19(25-20)15-9-10-15/h2-8,11-12,15,17H,9-10H2,1H3,(H,21,24). The third-order valence-corrected chi connectivity index (χ3v) is 5.32. The van der Waals surface area contributed by atoms with Crippen molar-refractivity contribution in [3.63, 3.8) is 0 Å². The molecular formula is C20H19N3O2S. The largest absolute Gasteiger partial charge is 0.416 e. The van der Waals surface area contributed by atoms with Crippen LogP contribution in [0.4, 0.5) is 5.69 Å². The van der Waals surface area contributed by atoms with Gasteiger partial charge in [0.2, 0.25) is 11.8 Å². The third kappa shape index (κ3) is 3.96. The summed E-state index contributed by atoms with van der Waals surface area (Å²) < 4.78 is 5.74. The van der Waals surface area contributed by atoms with Gasteiger partial charge in [-0.05, 0) is 49.2 Å². The normalized spacial score (nSPS) is 14.8. The Kier molecular flexibility index (Phi) is 4.75. The van der Waals surface area contributed by atoms with Crippen molar-refractivity contribution < 1.29 is 9.21 Å². The third-order valence-electron chi connectivity index (χ3n) is 4.23. The van der Waals surface area contributed by atoms with E-state index in [1.54, 1.807) is 0 Å². The first-order valence-electron chi connectivity index (χ1n) is 8.61. The molecule has 26 heavy (non-hydrogen) atoms. The van der Waals surface area contributed by atoms with Gasteiger partial charge in [-0.1, -0.05) is 48.0 Å². The maximum absolute atomic E-state index is 12.9. The molecule has 0 bridgehead atoms. The minimum absolute atomic E-state index is 0.115. The molecule has 1 heterocycles. The fraction of sp³-hybridized carbons (Fsp3) is 0.250. The Morgan fingerprint density at radius 2 is 1.85 bits per heavy atom. The van der Waals surface area contributed by atoms with E-state index in [0.717, 1.165) is 29.7 Å². The molecule has 1 aromatic heterocycles. The predicted molar refractivity (Wildman–Crippen MR) is 101 cm³/mol. The van der Waals surface area contributed by atoms with Gasteiger partial charge in [-0.2, -0.15) is 0 Å². The summed E-state index contributed by atoms with van der Waals surface area (Å²) in [6.45, 7) is 2.02. The van der Waals surface area contributed by atoms with Crippen LogP contribution in [0.3, 0.4) is 0 Å². The Morgan fingerprint density at radius 3 is 2.54 bits per heavy atom. The number of carbonyl (C=O) groups excluding carboxylic acids is 1. The molecule has 1 N–H and O–H groups in total. The Labute approximate surface area is 156 Å². The topological polar surface area (TPSA) is 68.0 Å². The molecule has 1 unspecified atom stereocenters. The first kappa shape index (κ1) is 16.8. The van der Waals surface area contributed by atoms with E-state index in [9.17, 15) is 4.79 Å². The molecule has 1 aliphatic carbocycles. The summed E-state index contributed by atoms with van der Waals surface area (Å²) >= 11 is 1.29. The highest BCUT2D eigenvalue weighted by Gasteiger charge is 2.31. The summed E-state index contributed by atoms with van der Waals surface area (Å²) in [4.78, 5) is 12.9. The van der Waals surface area contributed by atoms with Gasteiger partial charge >= 0.3 is 0 Å². The maximum Gasteiger partial charge on any atom is 0.277 e. The van der Waals surface area contributed by atoms with E-state index in [4.69, 9.17) is 4.42 Å². The van der Waals surface area contributed by atoms with Crippen LogP contribution in [0.5, 0.6) is 0 Å². The Hall–Kier alpha value is -2.60. The van der Waals surface area contributed by atoms with Gasteiger partial charge in [0.25, 0.3) is 5.22 Å². The number of nitrogens with one attached hydrogen (secondary N) is 1. The second kappa shape index (κ2) is 7.33. The number of amides is 1. The molecule has 1 aliphatic rings. The number of benzene rings is 2. The molecule has 1 atom stereocenters. The molecule has 132 valence electrons. The quantitative estimate of drug-likeness (QED) is 0.640. The lowest BCUT2D eigenvalue weighted by atomic mass is 10.1. The van der Waals surface area contributed by atoms with E-state index >= 15 is 0 Å². The number of nitrogens with zero attached hydrogens (tertiary/aromatic N) is 2. The lowest BCUT2D eigenvalue weighted by Gasteiger charge is -2.15. The van der Waals surface area contributed by atoms with Crippen molar-refractivity contribution in [3.05, 3.63) is 71.6 Å². The fourth-order valence-electron chi connectivity index (χ4n) is 2.61. The first-order valence-corrected chi connectivity index (χ1v) is 9.49. The molecular weight excluding hydrogens is 346 g/mol. The van der Waals surface area contributed by atoms with Crippen LogP contribution < -0.4 is 5.32 Å². The van der Waals surface area contributed by atoms with Gasteiger partial charge in [-0.3, -0.25) is 4.79 Å². The van der Waals surface area contributed by atoms with Crippen molar-refractivity contribution in [2.24, 2.45) is 0 Å². The van der Waals surface area contributed by atoms with Gasteiger partial charge in [-0.15, -0.1) is 10.2 Å². The highest BCUT2D eigenvalue weighted by Crippen LogP contribution is 2.42. The van der Waals surface area contributed by atoms with Crippen molar-refractivity contribution in [3.8, 4) is 0 Å². The summed E-state index contributed by atoms with van der Waals surface area (Å²) in [5.41, 5.74) is 2.81. The molecule has 0 spiro atoms. The van der Waals surface area contributed by atoms with Crippen LogP contribution in [-0.4, -0.2) is 16.1 Å². The van der Waals surface area contributed by atoms with Gasteiger partial charge in [0, 0.05) is 11.6 Å². The van der Waals surface area contributed by atoms with E-state index in [1.165, 1.54) is 11.8 Å². The minimum atomic E-state index is -0.468. The zero-order chi connectivity index (χ0) is 17.9. The number of rotatable bonds is 6. The van der Waals surface area contributed by atoms with Crippen LogP contribution in [-0.2, 0) is 4.79 Å². The molecule has 4 rings (SSSR count).